The minimum atomic E-state index is 1.23. The van der Waals surface area contributed by atoms with E-state index in [4.69, 9.17) is 0 Å². The van der Waals surface area contributed by atoms with Gasteiger partial charge >= 0.3 is 0 Å². The van der Waals surface area contributed by atoms with Gasteiger partial charge in [0.25, 0.3) is 0 Å². The molecule has 0 aromatic carbocycles. The first kappa shape index (κ1) is 23.0. The molecule has 146 valence electrons. The molecule has 0 unspecified atom stereocenters. The Morgan fingerprint density at radius 1 is 0.640 bits per heavy atom. The lowest BCUT2D eigenvalue weighted by molar-refractivity contribution is 0.527. The van der Waals surface area contributed by atoms with Crippen LogP contribution in [0.1, 0.15) is 121 Å². The van der Waals surface area contributed by atoms with Crippen molar-refractivity contribution < 1.29 is 0 Å². The summed E-state index contributed by atoms with van der Waals surface area (Å²) in [5, 5.41) is 3.91. The molecule has 0 aliphatic heterocycles. The summed E-state index contributed by atoms with van der Waals surface area (Å²) in [6.07, 6.45) is 26.2. The van der Waals surface area contributed by atoms with Gasteiger partial charge in [-0.1, -0.05) is 121 Å². The fourth-order valence-corrected chi connectivity index (χ4v) is 5.63. The fourth-order valence-electron chi connectivity index (χ4n) is 3.67. The van der Waals surface area contributed by atoms with Crippen LogP contribution in [-0.2, 0) is 6.42 Å². The minimum absolute atomic E-state index is 1.23. The first-order valence-corrected chi connectivity index (χ1v) is 13.3. The Hall–Kier alpha value is -0.0831. The third-order valence-corrected chi connectivity index (χ3v) is 7.86. The quantitative estimate of drug-likeness (QED) is 0.191. The zero-order valence-corrected chi connectivity index (χ0v) is 20.1. The van der Waals surface area contributed by atoms with E-state index in [-0.39, 0.29) is 0 Å². The first-order chi connectivity index (χ1) is 12.3. The number of thiophene rings is 1. The lowest BCUT2D eigenvalue weighted by Gasteiger charge is -2.04. The molecule has 0 saturated carbocycles. The highest BCUT2D eigenvalue weighted by molar-refractivity contribution is 7.11. The van der Waals surface area contributed by atoms with Gasteiger partial charge in [-0.3, -0.25) is 0 Å². The van der Waals surface area contributed by atoms with Crippen molar-refractivity contribution in [1.29, 1.82) is 0 Å². The van der Waals surface area contributed by atoms with Crippen LogP contribution in [0.2, 0.25) is 0 Å². The topological polar surface area (TPSA) is 0 Å². The van der Waals surface area contributed by atoms with Gasteiger partial charge in [0, 0.05) is 15.1 Å². The summed E-state index contributed by atoms with van der Waals surface area (Å²) in [7, 11) is 1.23. The maximum atomic E-state index is 2.32. The Kier molecular flexibility index (Phi) is 15.9. The minimum Gasteiger partial charge on any atom is -0.149 e. The molecule has 0 nitrogen and oxygen atoms in total. The third-order valence-electron chi connectivity index (χ3n) is 5.48. The molecule has 1 aromatic heterocycles. The van der Waals surface area contributed by atoms with Gasteiger partial charge in [-0.25, -0.2) is 0 Å². The van der Waals surface area contributed by atoms with Crippen molar-refractivity contribution in [1.82, 2.24) is 0 Å². The zero-order chi connectivity index (χ0) is 18.0. The summed E-state index contributed by atoms with van der Waals surface area (Å²) in [6, 6.07) is 2.32. The van der Waals surface area contributed by atoms with Gasteiger partial charge in [0.15, 0.2) is 0 Å². The average Bonchev–Trinajstić information content (AvgIpc) is 3.02. The summed E-state index contributed by atoms with van der Waals surface area (Å²) in [5.41, 5.74) is 0. The Morgan fingerprint density at radius 2 is 1.04 bits per heavy atom. The molecule has 2 heteroatoms. The van der Waals surface area contributed by atoms with E-state index in [2.05, 4.69) is 18.4 Å². The maximum Gasteiger partial charge on any atom is 0.0399 e. The molecule has 0 aliphatic rings. The summed E-state index contributed by atoms with van der Waals surface area (Å²) < 4.78 is 0. The normalized spacial score (nSPS) is 11.4. The van der Waals surface area contributed by atoms with E-state index >= 15 is 0 Å². The van der Waals surface area contributed by atoms with Crippen molar-refractivity contribution in [3.05, 3.63) is 16.3 Å². The Balaban J connectivity index is 1.70. The van der Waals surface area contributed by atoms with Gasteiger partial charge in [-0.2, -0.15) is 0 Å². The van der Waals surface area contributed by atoms with Crippen LogP contribution in [0, 0.1) is 0 Å². The Bertz CT molecular complexity index is 385. The van der Waals surface area contributed by atoms with Crippen molar-refractivity contribution in [2.45, 2.75) is 122 Å². The lowest BCUT2D eigenvalue weighted by Crippen LogP contribution is -2.03. The van der Waals surface area contributed by atoms with Crippen LogP contribution in [0.4, 0.5) is 0 Å². The van der Waals surface area contributed by atoms with Crippen LogP contribution in [-0.4, -0.2) is 10.2 Å². The van der Waals surface area contributed by atoms with Crippen molar-refractivity contribution >= 4 is 26.8 Å². The Morgan fingerprint density at radius 3 is 1.40 bits per heavy atom. The molecule has 0 N–H and O–H groups in total. The van der Waals surface area contributed by atoms with E-state index in [1.54, 1.807) is 10.1 Å². The van der Waals surface area contributed by atoms with Crippen LogP contribution in [0.15, 0.2) is 11.4 Å². The van der Waals surface area contributed by atoms with Gasteiger partial charge in [0.05, 0.1) is 0 Å². The molecule has 0 saturated heterocycles. The molecule has 0 fully saturated rings. The smallest absolute Gasteiger partial charge is 0.0399 e. The highest BCUT2D eigenvalue weighted by Crippen LogP contribution is 2.15. The largest absolute Gasteiger partial charge is 0.149 e. The van der Waals surface area contributed by atoms with Crippen LogP contribution >= 0.6 is 11.3 Å². The first-order valence-electron chi connectivity index (χ1n) is 11.4. The van der Waals surface area contributed by atoms with Crippen LogP contribution in [0.5, 0.6) is 0 Å². The van der Waals surface area contributed by atoms with Crippen molar-refractivity contribution in [3.8, 4) is 0 Å². The molecule has 0 aliphatic carbocycles. The van der Waals surface area contributed by atoms with Gasteiger partial charge in [0.1, 0.15) is 0 Å². The molecule has 0 atom stereocenters. The van der Waals surface area contributed by atoms with E-state index in [9.17, 15) is 0 Å². The monoisotopic (exact) mass is 380 g/mol. The maximum absolute atomic E-state index is 2.32. The number of unbranched alkanes of at least 4 members (excludes halogenated alkanes) is 16. The standard InChI is InChI=1S/C23H44SSi/c1-2-3-4-5-6-7-8-9-10-11-12-13-14-15-16-17-18-19-22-23(25)20-21-24-22/h20-21H,2-19H2,1,25H3. The van der Waals surface area contributed by atoms with Crippen molar-refractivity contribution in [3.63, 3.8) is 0 Å². The predicted octanol–water partition coefficient (Wildman–Crippen LogP) is 6.93. The van der Waals surface area contributed by atoms with Crippen molar-refractivity contribution in [2.75, 3.05) is 0 Å². The van der Waals surface area contributed by atoms with Gasteiger partial charge in [-0.15, -0.1) is 11.3 Å². The van der Waals surface area contributed by atoms with E-state index in [1.165, 1.54) is 126 Å². The molecule has 1 aromatic rings. The highest BCUT2D eigenvalue weighted by Gasteiger charge is 1.99. The zero-order valence-electron chi connectivity index (χ0n) is 17.3. The molecule has 0 amide bonds. The predicted molar refractivity (Wildman–Crippen MR) is 122 cm³/mol. The second-order valence-corrected chi connectivity index (χ2v) is 10.0. The van der Waals surface area contributed by atoms with E-state index in [1.807, 2.05) is 11.3 Å². The van der Waals surface area contributed by atoms with Gasteiger partial charge < -0.3 is 0 Å². The number of aryl methyl sites for hydroxylation is 1. The van der Waals surface area contributed by atoms with Crippen molar-refractivity contribution in [2.24, 2.45) is 0 Å². The van der Waals surface area contributed by atoms with Crippen LogP contribution < -0.4 is 5.19 Å². The van der Waals surface area contributed by atoms with Crippen LogP contribution in [0.3, 0.4) is 0 Å². The second-order valence-electron chi connectivity index (χ2n) is 7.93. The highest BCUT2D eigenvalue weighted by atomic mass is 32.1. The summed E-state index contributed by atoms with van der Waals surface area (Å²) in [5.74, 6) is 0. The molecule has 25 heavy (non-hydrogen) atoms. The van der Waals surface area contributed by atoms with Gasteiger partial charge in [-0.05, 0) is 18.2 Å². The average molecular weight is 381 g/mol. The molecule has 1 rings (SSSR count). The molecule has 0 spiro atoms. The summed E-state index contributed by atoms with van der Waals surface area (Å²) >= 11 is 1.97. The summed E-state index contributed by atoms with van der Waals surface area (Å²) in [6.45, 7) is 2.30. The second kappa shape index (κ2) is 17.3. The van der Waals surface area contributed by atoms with E-state index in [0.29, 0.717) is 0 Å². The molecular weight excluding hydrogens is 336 g/mol. The molecule has 1 heterocycles. The fraction of sp³-hybridized carbons (Fsp3) is 0.826. The van der Waals surface area contributed by atoms with E-state index < -0.39 is 0 Å². The number of hydrogen-bond acceptors (Lipinski definition) is 1. The third kappa shape index (κ3) is 13.7. The number of rotatable bonds is 18. The number of hydrogen-bond donors (Lipinski definition) is 0. The van der Waals surface area contributed by atoms with Crippen LogP contribution in [0.25, 0.3) is 0 Å². The van der Waals surface area contributed by atoms with Gasteiger partial charge in [0.2, 0.25) is 0 Å². The lowest BCUT2D eigenvalue weighted by atomic mass is 10.0. The van der Waals surface area contributed by atoms with E-state index in [0.717, 1.165) is 0 Å². The summed E-state index contributed by atoms with van der Waals surface area (Å²) in [4.78, 5) is 1.67. The Labute approximate surface area is 165 Å². The molecule has 0 bridgehead atoms. The SMILES string of the molecule is CCCCCCCCCCCCCCCCCCCc1sccc1[SiH3]. The molecular formula is C23H44SSi. The molecule has 0 radical (unpaired) electrons.